The summed E-state index contributed by atoms with van der Waals surface area (Å²) in [5.41, 5.74) is 2.88. The number of aromatic nitrogens is 1. The average molecular weight is 219 g/mol. The Hall–Kier alpha value is -1.42. The third-order valence-corrected chi connectivity index (χ3v) is 2.68. The van der Waals surface area contributed by atoms with Gasteiger partial charge in [0.15, 0.2) is 0 Å². The van der Waals surface area contributed by atoms with E-state index in [0.29, 0.717) is 19.0 Å². The molecule has 0 aromatic carbocycles. The fraction of sp³-hybridized carbons (Fsp3) is 0.500. The molecule has 1 fully saturated rings. The van der Waals surface area contributed by atoms with Crippen LogP contribution in [0.4, 0.5) is 0 Å². The summed E-state index contributed by atoms with van der Waals surface area (Å²) in [6.07, 6.45) is 0. The van der Waals surface area contributed by atoms with E-state index in [1.54, 1.807) is 0 Å². The Kier molecular flexibility index (Phi) is 3.19. The van der Waals surface area contributed by atoms with E-state index in [2.05, 4.69) is 9.88 Å². The summed E-state index contributed by atoms with van der Waals surface area (Å²) >= 11 is 0. The second-order valence-corrected chi connectivity index (χ2v) is 4.09. The van der Waals surface area contributed by atoms with Crippen molar-refractivity contribution >= 4 is 5.84 Å². The number of hydrogen-bond donors (Lipinski definition) is 1. The van der Waals surface area contributed by atoms with Gasteiger partial charge in [-0.1, -0.05) is 0 Å². The third kappa shape index (κ3) is 2.39. The first-order valence-electron chi connectivity index (χ1n) is 5.54. The van der Waals surface area contributed by atoms with Crippen LogP contribution < -0.4 is 0 Å². The minimum Gasteiger partial charge on any atom is -0.378 e. The molecule has 1 aliphatic heterocycles. The van der Waals surface area contributed by atoms with Crippen molar-refractivity contribution < 1.29 is 4.74 Å². The zero-order valence-electron chi connectivity index (χ0n) is 9.79. The molecule has 0 bridgehead atoms. The molecule has 0 spiro atoms. The van der Waals surface area contributed by atoms with Crippen LogP contribution in [0.15, 0.2) is 12.1 Å². The first-order chi connectivity index (χ1) is 7.66. The highest BCUT2D eigenvalue weighted by Crippen LogP contribution is 2.10. The Labute approximate surface area is 95.8 Å². The molecule has 1 aromatic rings. The molecule has 0 saturated carbocycles. The van der Waals surface area contributed by atoms with Gasteiger partial charge in [-0.15, -0.1) is 0 Å². The van der Waals surface area contributed by atoms with Crippen LogP contribution in [-0.4, -0.2) is 42.0 Å². The maximum absolute atomic E-state index is 8.16. The molecule has 86 valence electrons. The van der Waals surface area contributed by atoms with Crippen molar-refractivity contribution in [2.24, 2.45) is 0 Å². The highest BCUT2D eigenvalue weighted by molar-refractivity contribution is 5.96. The molecule has 0 unspecified atom stereocenters. The zero-order chi connectivity index (χ0) is 11.5. The zero-order valence-corrected chi connectivity index (χ0v) is 9.79. The van der Waals surface area contributed by atoms with E-state index >= 15 is 0 Å². The molecule has 16 heavy (non-hydrogen) atoms. The van der Waals surface area contributed by atoms with Gasteiger partial charge in [0, 0.05) is 30.0 Å². The maximum Gasteiger partial charge on any atom is 0.128 e. The lowest BCUT2D eigenvalue weighted by atomic mass is 10.1. The molecule has 0 aliphatic carbocycles. The lowest BCUT2D eigenvalue weighted by Gasteiger charge is -2.29. The van der Waals surface area contributed by atoms with Crippen LogP contribution >= 0.6 is 0 Å². The van der Waals surface area contributed by atoms with E-state index in [0.717, 1.165) is 30.0 Å². The van der Waals surface area contributed by atoms with Crippen molar-refractivity contribution in [3.63, 3.8) is 0 Å². The molecule has 1 N–H and O–H groups in total. The van der Waals surface area contributed by atoms with Crippen molar-refractivity contribution in [2.75, 3.05) is 26.3 Å². The monoisotopic (exact) mass is 219 g/mol. The second-order valence-electron chi connectivity index (χ2n) is 4.09. The Morgan fingerprint density at radius 2 is 1.81 bits per heavy atom. The minimum absolute atomic E-state index is 0.580. The van der Waals surface area contributed by atoms with Gasteiger partial charge < -0.3 is 9.64 Å². The highest BCUT2D eigenvalue weighted by Gasteiger charge is 2.15. The van der Waals surface area contributed by atoms with E-state index in [4.69, 9.17) is 10.1 Å². The first kappa shape index (κ1) is 11.1. The predicted molar refractivity (Wildman–Crippen MR) is 62.9 cm³/mol. The largest absolute Gasteiger partial charge is 0.378 e. The van der Waals surface area contributed by atoms with Gasteiger partial charge in [-0.25, -0.2) is 0 Å². The van der Waals surface area contributed by atoms with Gasteiger partial charge in [0.1, 0.15) is 5.84 Å². The smallest absolute Gasteiger partial charge is 0.128 e. The second kappa shape index (κ2) is 4.61. The Bertz CT molecular complexity index is 377. The molecule has 1 saturated heterocycles. The summed E-state index contributed by atoms with van der Waals surface area (Å²) in [7, 11) is 0. The van der Waals surface area contributed by atoms with E-state index in [1.165, 1.54) is 0 Å². The number of nitrogens with one attached hydrogen (secondary N) is 1. The Balaban J connectivity index is 2.19. The van der Waals surface area contributed by atoms with Gasteiger partial charge in [-0.05, 0) is 26.0 Å². The van der Waals surface area contributed by atoms with Crippen molar-refractivity contribution in [2.45, 2.75) is 13.8 Å². The van der Waals surface area contributed by atoms with Crippen LogP contribution in [0.5, 0.6) is 0 Å². The standard InChI is InChI=1S/C12H17N3O/c1-9-7-11(8-10(2)14-9)12(13)15-3-5-16-6-4-15/h7-8,13H,3-6H2,1-2H3. The SMILES string of the molecule is Cc1cc(C(=N)N2CCOCC2)cc(C)n1. The Morgan fingerprint density at radius 3 is 2.38 bits per heavy atom. The number of rotatable bonds is 1. The maximum atomic E-state index is 8.16. The van der Waals surface area contributed by atoms with Gasteiger partial charge in [-0.2, -0.15) is 0 Å². The van der Waals surface area contributed by atoms with E-state index in [9.17, 15) is 0 Å². The molecular formula is C12H17N3O. The molecule has 1 aliphatic rings. The quantitative estimate of drug-likeness (QED) is 0.573. The number of nitrogens with zero attached hydrogens (tertiary/aromatic N) is 2. The summed E-state index contributed by atoms with van der Waals surface area (Å²) in [5, 5.41) is 8.16. The van der Waals surface area contributed by atoms with Crippen molar-refractivity contribution in [1.29, 1.82) is 5.41 Å². The normalized spacial score (nSPS) is 16.2. The molecule has 0 radical (unpaired) electrons. The lowest BCUT2D eigenvalue weighted by molar-refractivity contribution is 0.0680. The van der Waals surface area contributed by atoms with E-state index in [1.807, 2.05) is 26.0 Å². The molecular weight excluding hydrogens is 202 g/mol. The van der Waals surface area contributed by atoms with Gasteiger partial charge in [0.2, 0.25) is 0 Å². The van der Waals surface area contributed by atoms with E-state index < -0.39 is 0 Å². The van der Waals surface area contributed by atoms with Crippen LogP contribution in [0.1, 0.15) is 17.0 Å². The average Bonchev–Trinajstić information content (AvgIpc) is 2.28. The predicted octanol–water partition coefficient (Wildman–Crippen LogP) is 1.36. The van der Waals surface area contributed by atoms with Crippen LogP contribution in [0, 0.1) is 19.3 Å². The number of ether oxygens (including phenoxy) is 1. The summed E-state index contributed by atoms with van der Waals surface area (Å²) < 4.78 is 5.28. The van der Waals surface area contributed by atoms with Crippen molar-refractivity contribution in [1.82, 2.24) is 9.88 Å². The van der Waals surface area contributed by atoms with E-state index in [-0.39, 0.29) is 0 Å². The number of pyridine rings is 1. The molecule has 2 heterocycles. The number of amidine groups is 1. The molecule has 1 aromatic heterocycles. The Morgan fingerprint density at radius 1 is 1.25 bits per heavy atom. The summed E-state index contributed by atoms with van der Waals surface area (Å²) in [6, 6.07) is 3.93. The van der Waals surface area contributed by atoms with Crippen molar-refractivity contribution in [3.8, 4) is 0 Å². The summed E-state index contributed by atoms with van der Waals surface area (Å²) in [6.45, 7) is 6.96. The van der Waals surface area contributed by atoms with Crippen LogP contribution in [0.25, 0.3) is 0 Å². The molecule has 4 heteroatoms. The summed E-state index contributed by atoms with van der Waals surface area (Å²) in [4.78, 5) is 6.38. The lowest BCUT2D eigenvalue weighted by Crippen LogP contribution is -2.40. The number of aryl methyl sites for hydroxylation is 2. The topological polar surface area (TPSA) is 49.2 Å². The minimum atomic E-state index is 0.580. The van der Waals surface area contributed by atoms with Crippen LogP contribution in [0.2, 0.25) is 0 Å². The number of morpholine rings is 1. The molecule has 4 nitrogen and oxygen atoms in total. The first-order valence-corrected chi connectivity index (χ1v) is 5.54. The van der Waals surface area contributed by atoms with Gasteiger partial charge in [-0.3, -0.25) is 10.4 Å². The molecule has 0 amide bonds. The summed E-state index contributed by atoms with van der Waals surface area (Å²) in [5.74, 6) is 0.580. The third-order valence-electron chi connectivity index (χ3n) is 2.68. The van der Waals surface area contributed by atoms with Gasteiger partial charge >= 0.3 is 0 Å². The van der Waals surface area contributed by atoms with Crippen LogP contribution in [-0.2, 0) is 4.74 Å². The highest BCUT2D eigenvalue weighted by atomic mass is 16.5. The van der Waals surface area contributed by atoms with Crippen LogP contribution in [0.3, 0.4) is 0 Å². The number of hydrogen-bond acceptors (Lipinski definition) is 3. The van der Waals surface area contributed by atoms with Crippen molar-refractivity contribution in [3.05, 3.63) is 29.1 Å². The molecule has 0 atom stereocenters. The van der Waals surface area contributed by atoms with Gasteiger partial charge in [0.25, 0.3) is 0 Å². The van der Waals surface area contributed by atoms with Gasteiger partial charge in [0.05, 0.1) is 13.2 Å². The fourth-order valence-electron chi connectivity index (χ4n) is 1.94. The molecule has 2 rings (SSSR count). The fourth-order valence-corrected chi connectivity index (χ4v) is 1.94.